The molecule has 0 heterocycles. The number of ether oxygens (including phenoxy) is 2. The van der Waals surface area contributed by atoms with Crippen LogP contribution in [0.15, 0.2) is 140 Å². The number of rotatable bonds is 9. The third kappa shape index (κ3) is 7.34. The van der Waals surface area contributed by atoms with Gasteiger partial charge in [-0.25, -0.2) is 9.59 Å². The maximum absolute atomic E-state index is 11.5. The van der Waals surface area contributed by atoms with Gasteiger partial charge >= 0.3 is 11.9 Å². The van der Waals surface area contributed by atoms with Crippen LogP contribution in [0.2, 0.25) is 0 Å². The van der Waals surface area contributed by atoms with Crippen molar-refractivity contribution in [1.82, 2.24) is 0 Å². The number of carbonyl (C=O) groups excluding carboxylic acids is 2. The molecule has 0 saturated heterocycles. The highest BCUT2D eigenvalue weighted by atomic mass is 16.5. The van der Waals surface area contributed by atoms with Crippen LogP contribution in [-0.2, 0) is 19.1 Å². The van der Waals surface area contributed by atoms with Gasteiger partial charge in [-0.2, -0.15) is 0 Å². The molecule has 5 aromatic carbocycles. The van der Waals surface area contributed by atoms with Crippen LogP contribution in [0.5, 0.6) is 0 Å². The van der Waals surface area contributed by atoms with Crippen LogP contribution in [0.1, 0.15) is 11.1 Å². The Bertz CT molecular complexity index is 1650. The summed E-state index contributed by atoms with van der Waals surface area (Å²) in [7, 11) is 2.71. The van der Waals surface area contributed by atoms with E-state index < -0.39 is 11.9 Å². The molecule has 0 fully saturated rings. The summed E-state index contributed by atoms with van der Waals surface area (Å²) in [5.74, 6) is -0.802. The molecule has 0 amide bonds. The maximum atomic E-state index is 11.5. The average Bonchev–Trinajstić information content (AvgIpc) is 3.08. The molecule has 0 radical (unpaired) electrons. The monoisotopic (exact) mass is 565 g/mol. The molecule has 5 rings (SSSR count). The number of esters is 2. The van der Waals surface area contributed by atoms with Crippen LogP contribution in [-0.4, -0.2) is 26.2 Å². The molecule has 5 heteroatoms. The van der Waals surface area contributed by atoms with Gasteiger partial charge in [-0.3, -0.25) is 0 Å². The summed E-state index contributed by atoms with van der Waals surface area (Å²) in [5, 5.41) is 0. The van der Waals surface area contributed by atoms with Gasteiger partial charge < -0.3 is 14.4 Å². The number of methoxy groups -OCH3 is 2. The van der Waals surface area contributed by atoms with Crippen molar-refractivity contribution in [3.05, 3.63) is 151 Å². The molecule has 5 nitrogen and oxygen atoms in total. The summed E-state index contributed by atoms with van der Waals surface area (Å²) in [4.78, 5) is 25.2. The summed E-state index contributed by atoms with van der Waals surface area (Å²) in [5.41, 5.74) is 9.29. The van der Waals surface area contributed by atoms with Gasteiger partial charge in [0.2, 0.25) is 0 Å². The smallest absolute Gasteiger partial charge is 0.330 e. The predicted molar refractivity (Wildman–Crippen MR) is 174 cm³/mol. The number of hydrogen-bond acceptors (Lipinski definition) is 5. The molecular weight excluding hydrogens is 534 g/mol. The fourth-order valence-electron chi connectivity index (χ4n) is 4.67. The largest absolute Gasteiger partial charge is 0.466 e. The number of nitrogens with zero attached hydrogens (tertiary/aromatic N) is 1. The number of benzene rings is 5. The second-order valence-corrected chi connectivity index (χ2v) is 9.72. The first kappa shape index (κ1) is 28.8. The van der Waals surface area contributed by atoms with Crippen molar-refractivity contribution in [2.45, 2.75) is 0 Å². The van der Waals surface area contributed by atoms with Gasteiger partial charge in [-0.05, 0) is 81.9 Å². The molecule has 0 N–H and O–H groups in total. The molecule has 0 aliphatic heterocycles. The van der Waals surface area contributed by atoms with Gasteiger partial charge in [0.05, 0.1) is 14.2 Å². The van der Waals surface area contributed by atoms with E-state index in [4.69, 9.17) is 9.47 Å². The Kier molecular flexibility index (Phi) is 9.25. The van der Waals surface area contributed by atoms with Crippen molar-refractivity contribution in [2.75, 3.05) is 19.1 Å². The zero-order valence-electron chi connectivity index (χ0n) is 24.0. The first-order chi connectivity index (χ1) is 21.0. The van der Waals surface area contributed by atoms with Crippen molar-refractivity contribution < 1.29 is 19.1 Å². The van der Waals surface area contributed by atoms with E-state index >= 15 is 0 Å². The van der Waals surface area contributed by atoms with E-state index in [-0.39, 0.29) is 0 Å². The van der Waals surface area contributed by atoms with Crippen molar-refractivity contribution >= 4 is 41.2 Å². The molecular formula is C38H31NO4. The van der Waals surface area contributed by atoms with E-state index in [0.717, 1.165) is 39.3 Å². The summed E-state index contributed by atoms with van der Waals surface area (Å²) in [6, 6.07) is 43.3. The minimum atomic E-state index is -0.401. The molecule has 0 bridgehead atoms. The van der Waals surface area contributed by atoms with Crippen molar-refractivity contribution in [3.8, 4) is 22.3 Å². The molecule has 212 valence electrons. The fourth-order valence-corrected chi connectivity index (χ4v) is 4.67. The van der Waals surface area contributed by atoms with Crippen LogP contribution in [0, 0.1) is 0 Å². The summed E-state index contributed by atoms with van der Waals surface area (Å²) < 4.78 is 9.40. The summed E-state index contributed by atoms with van der Waals surface area (Å²) in [6.07, 6.45) is 6.25. The Morgan fingerprint density at radius 1 is 0.465 bits per heavy atom. The van der Waals surface area contributed by atoms with Gasteiger partial charge in [-0.1, -0.05) is 91.0 Å². The van der Waals surface area contributed by atoms with Gasteiger partial charge in [0.15, 0.2) is 0 Å². The van der Waals surface area contributed by atoms with Crippen molar-refractivity contribution in [1.29, 1.82) is 0 Å². The topological polar surface area (TPSA) is 55.8 Å². The molecule has 0 atom stereocenters. The Hall–Kier alpha value is -5.68. The van der Waals surface area contributed by atoms with Gasteiger partial charge in [0, 0.05) is 29.2 Å². The lowest BCUT2D eigenvalue weighted by Gasteiger charge is -2.26. The molecule has 0 unspecified atom stereocenters. The first-order valence-corrected chi connectivity index (χ1v) is 13.8. The van der Waals surface area contributed by atoms with E-state index in [1.807, 2.05) is 66.7 Å². The van der Waals surface area contributed by atoms with Crippen molar-refractivity contribution in [3.63, 3.8) is 0 Å². The maximum Gasteiger partial charge on any atom is 0.330 e. The molecule has 0 aromatic heterocycles. The van der Waals surface area contributed by atoms with E-state index in [2.05, 4.69) is 65.6 Å². The molecule has 0 spiro atoms. The van der Waals surface area contributed by atoms with Gasteiger partial charge in [0.25, 0.3) is 0 Å². The van der Waals surface area contributed by atoms with E-state index in [9.17, 15) is 9.59 Å². The van der Waals surface area contributed by atoms with Gasteiger partial charge in [-0.15, -0.1) is 0 Å². The Morgan fingerprint density at radius 3 is 1.16 bits per heavy atom. The van der Waals surface area contributed by atoms with Crippen LogP contribution < -0.4 is 4.90 Å². The lowest BCUT2D eigenvalue weighted by Crippen LogP contribution is -2.09. The third-order valence-electron chi connectivity index (χ3n) is 6.98. The van der Waals surface area contributed by atoms with Crippen LogP contribution in [0.25, 0.3) is 34.4 Å². The minimum Gasteiger partial charge on any atom is -0.466 e. The lowest BCUT2D eigenvalue weighted by molar-refractivity contribution is -0.135. The lowest BCUT2D eigenvalue weighted by atomic mass is 10.00. The average molecular weight is 566 g/mol. The zero-order valence-corrected chi connectivity index (χ0v) is 24.0. The minimum absolute atomic E-state index is 0.401. The second kappa shape index (κ2) is 13.8. The highest BCUT2D eigenvalue weighted by Crippen LogP contribution is 2.36. The fraction of sp³-hybridized carbons (Fsp3) is 0.0526. The normalized spacial score (nSPS) is 11.0. The Morgan fingerprint density at radius 2 is 0.791 bits per heavy atom. The zero-order chi connectivity index (χ0) is 30.0. The van der Waals surface area contributed by atoms with E-state index in [1.165, 1.54) is 37.5 Å². The first-order valence-electron chi connectivity index (χ1n) is 13.8. The Labute approximate surface area is 252 Å². The number of carbonyl (C=O) groups is 2. The van der Waals surface area contributed by atoms with Crippen LogP contribution >= 0.6 is 0 Å². The third-order valence-corrected chi connectivity index (χ3v) is 6.98. The quantitative estimate of drug-likeness (QED) is 0.132. The number of anilines is 3. The van der Waals surface area contributed by atoms with Crippen LogP contribution in [0.3, 0.4) is 0 Å². The summed E-state index contributed by atoms with van der Waals surface area (Å²) in [6.45, 7) is 0. The van der Waals surface area contributed by atoms with E-state index in [0.29, 0.717) is 0 Å². The predicted octanol–water partition coefficient (Wildman–Crippen LogP) is 8.86. The Balaban J connectivity index is 1.44. The SMILES string of the molecule is COC(=O)/C=C/c1ccc(N(c2ccc(/C=C/C(=O)OC)cc2)c2ccc(-c3ccc(-c4ccccc4)cc3)cc2)cc1. The highest BCUT2D eigenvalue weighted by molar-refractivity contribution is 5.88. The molecule has 0 aliphatic carbocycles. The van der Waals surface area contributed by atoms with E-state index in [1.54, 1.807) is 12.2 Å². The summed E-state index contributed by atoms with van der Waals surface area (Å²) >= 11 is 0. The standard InChI is InChI=1S/C38H31NO4/c1-42-37(40)26-12-28-8-20-34(21-9-28)39(35-22-10-29(11-23-35)13-27-38(41)43-2)36-24-18-33(19-25-36)32-16-14-31(15-17-32)30-6-4-3-5-7-30/h3-27H,1-2H3/b26-12+,27-13+. The van der Waals surface area contributed by atoms with Crippen molar-refractivity contribution in [2.24, 2.45) is 0 Å². The molecule has 0 aliphatic rings. The van der Waals surface area contributed by atoms with Gasteiger partial charge in [0.1, 0.15) is 0 Å². The molecule has 43 heavy (non-hydrogen) atoms. The number of hydrogen-bond donors (Lipinski definition) is 0. The van der Waals surface area contributed by atoms with Crippen LogP contribution in [0.4, 0.5) is 17.1 Å². The second-order valence-electron chi connectivity index (χ2n) is 9.72. The molecule has 0 saturated carbocycles. The highest BCUT2D eigenvalue weighted by Gasteiger charge is 2.13. The molecule has 5 aromatic rings.